The molecule has 0 amide bonds. The highest BCUT2D eigenvalue weighted by atomic mass is 32.2. The molecule has 1 unspecified atom stereocenters. The van der Waals surface area contributed by atoms with E-state index < -0.39 is 9.84 Å². The van der Waals surface area contributed by atoms with Gasteiger partial charge in [-0.05, 0) is 19.1 Å². The topological polar surface area (TPSA) is 55.4 Å². The van der Waals surface area contributed by atoms with Crippen LogP contribution in [-0.4, -0.2) is 27.3 Å². The maximum absolute atomic E-state index is 11.8. The molecule has 1 N–H and O–H groups in total. The number of benzene rings is 1. The molecule has 1 heterocycles. The van der Waals surface area contributed by atoms with Crippen LogP contribution < -0.4 is 10.1 Å². The second-order valence-electron chi connectivity index (χ2n) is 3.69. The normalized spacial score (nSPS) is 22.7. The third-order valence-electron chi connectivity index (χ3n) is 2.39. The zero-order chi connectivity index (χ0) is 11.1. The van der Waals surface area contributed by atoms with Crippen molar-refractivity contribution in [1.82, 2.24) is 0 Å². The largest absolute Gasteiger partial charge is 0.497 e. The molecule has 0 fully saturated rings. The van der Waals surface area contributed by atoms with Crippen LogP contribution in [0.2, 0.25) is 0 Å². The van der Waals surface area contributed by atoms with Crippen LogP contribution in [0.25, 0.3) is 0 Å². The van der Waals surface area contributed by atoms with E-state index in [1.165, 1.54) is 0 Å². The van der Waals surface area contributed by atoms with Crippen LogP contribution in [0.1, 0.15) is 6.92 Å². The molecule has 4 nitrogen and oxygen atoms in total. The van der Waals surface area contributed by atoms with Gasteiger partial charge in [0.2, 0.25) is 0 Å². The van der Waals surface area contributed by atoms with Crippen molar-refractivity contribution in [2.24, 2.45) is 0 Å². The van der Waals surface area contributed by atoms with E-state index in [4.69, 9.17) is 4.74 Å². The minimum atomic E-state index is -3.13. The van der Waals surface area contributed by atoms with E-state index in [-0.39, 0.29) is 11.8 Å². The predicted molar refractivity (Wildman–Crippen MR) is 58.1 cm³/mol. The van der Waals surface area contributed by atoms with Crippen LogP contribution in [0.15, 0.2) is 23.1 Å². The van der Waals surface area contributed by atoms with E-state index in [1.807, 2.05) is 6.92 Å². The van der Waals surface area contributed by atoms with Gasteiger partial charge >= 0.3 is 0 Å². The van der Waals surface area contributed by atoms with Crippen LogP contribution >= 0.6 is 0 Å². The van der Waals surface area contributed by atoms with Gasteiger partial charge < -0.3 is 10.1 Å². The predicted octanol–water partition coefficient (Wildman–Crippen LogP) is 1.28. The second kappa shape index (κ2) is 3.41. The first-order valence-corrected chi connectivity index (χ1v) is 6.35. The molecule has 0 saturated carbocycles. The molecule has 1 aliphatic rings. The molecule has 2 rings (SSSR count). The van der Waals surface area contributed by atoms with E-state index >= 15 is 0 Å². The van der Waals surface area contributed by atoms with Crippen LogP contribution in [0, 0.1) is 0 Å². The van der Waals surface area contributed by atoms with E-state index in [2.05, 4.69) is 5.32 Å². The smallest absolute Gasteiger partial charge is 0.182 e. The fourth-order valence-corrected chi connectivity index (χ4v) is 3.40. The average Bonchev–Trinajstić information content (AvgIpc) is 2.15. The highest BCUT2D eigenvalue weighted by Gasteiger charge is 2.27. The molecule has 0 saturated heterocycles. The summed E-state index contributed by atoms with van der Waals surface area (Å²) in [6, 6.07) is 4.90. The number of nitrogens with one attached hydrogen (secondary N) is 1. The van der Waals surface area contributed by atoms with Gasteiger partial charge in [-0.15, -0.1) is 0 Å². The number of methoxy groups -OCH3 is 1. The fraction of sp³-hybridized carbons (Fsp3) is 0.400. The van der Waals surface area contributed by atoms with E-state index in [9.17, 15) is 8.42 Å². The van der Waals surface area contributed by atoms with Gasteiger partial charge in [0.05, 0.1) is 23.4 Å². The summed E-state index contributed by atoms with van der Waals surface area (Å²) in [7, 11) is -1.58. The molecule has 1 aromatic carbocycles. The van der Waals surface area contributed by atoms with Crippen molar-refractivity contribution < 1.29 is 13.2 Å². The van der Waals surface area contributed by atoms with E-state index in [1.54, 1.807) is 25.3 Å². The summed E-state index contributed by atoms with van der Waals surface area (Å²) in [5, 5.41) is 3.13. The summed E-state index contributed by atoms with van der Waals surface area (Å²) in [6.07, 6.45) is 0. The zero-order valence-electron chi connectivity index (χ0n) is 8.65. The van der Waals surface area contributed by atoms with Crippen LogP contribution in [0.4, 0.5) is 5.69 Å². The van der Waals surface area contributed by atoms with Gasteiger partial charge in [-0.3, -0.25) is 0 Å². The van der Waals surface area contributed by atoms with Gasteiger partial charge in [-0.25, -0.2) is 8.42 Å². The molecule has 1 aliphatic heterocycles. The number of hydrogen-bond acceptors (Lipinski definition) is 4. The summed E-state index contributed by atoms with van der Waals surface area (Å²) in [5.41, 5.74) is 0.633. The molecule has 1 atom stereocenters. The number of rotatable bonds is 1. The Hall–Kier alpha value is -1.23. The average molecular weight is 227 g/mol. The lowest BCUT2D eigenvalue weighted by atomic mass is 10.2. The Morgan fingerprint density at radius 3 is 2.87 bits per heavy atom. The van der Waals surface area contributed by atoms with Gasteiger partial charge in [0, 0.05) is 12.1 Å². The van der Waals surface area contributed by atoms with Gasteiger partial charge in [-0.2, -0.15) is 0 Å². The standard InChI is InChI=1S/C10H13NO3S/c1-7-6-15(12,13)10-4-3-8(14-2)5-9(10)11-7/h3-5,7,11H,6H2,1-2H3. The molecule has 0 aliphatic carbocycles. The Morgan fingerprint density at radius 1 is 1.47 bits per heavy atom. The zero-order valence-corrected chi connectivity index (χ0v) is 9.47. The van der Waals surface area contributed by atoms with Crippen LogP contribution in [0.3, 0.4) is 0 Å². The summed E-state index contributed by atoms with van der Waals surface area (Å²) in [4.78, 5) is 0.362. The summed E-state index contributed by atoms with van der Waals surface area (Å²) >= 11 is 0. The van der Waals surface area contributed by atoms with Crippen molar-refractivity contribution in [3.8, 4) is 5.75 Å². The lowest BCUT2D eigenvalue weighted by Gasteiger charge is -2.24. The number of sulfone groups is 1. The Balaban J connectivity index is 2.57. The number of ether oxygens (including phenoxy) is 1. The van der Waals surface area contributed by atoms with Gasteiger partial charge in [0.15, 0.2) is 9.84 Å². The van der Waals surface area contributed by atoms with Crippen molar-refractivity contribution in [3.05, 3.63) is 18.2 Å². The molecule has 0 spiro atoms. The molecule has 1 aromatic rings. The van der Waals surface area contributed by atoms with E-state index in [0.29, 0.717) is 16.3 Å². The highest BCUT2D eigenvalue weighted by molar-refractivity contribution is 7.91. The Labute approximate surface area is 89.2 Å². The van der Waals surface area contributed by atoms with Crippen molar-refractivity contribution in [2.75, 3.05) is 18.2 Å². The number of fused-ring (bicyclic) bond motifs is 1. The summed E-state index contributed by atoms with van der Waals surface area (Å²) < 4.78 is 28.7. The fourth-order valence-electron chi connectivity index (χ4n) is 1.75. The number of hydrogen-bond donors (Lipinski definition) is 1. The quantitative estimate of drug-likeness (QED) is 0.785. The third-order valence-corrected chi connectivity index (χ3v) is 4.36. The molecule has 0 radical (unpaired) electrons. The summed E-state index contributed by atoms with van der Waals surface area (Å²) in [5.74, 6) is 0.803. The molecular weight excluding hydrogens is 214 g/mol. The lowest BCUT2D eigenvalue weighted by Crippen LogP contribution is -2.31. The summed E-state index contributed by atoms with van der Waals surface area (Å²) in [6.45, 7) is 1.85. The van der Waals surface area contributed by atoms with Crippen molar-refractivity contribution in [1.29, 1.82) is 0 Å². The second-order valence-corrected chi connectivity index (χ2v) is 5.69. The van der Waals surface area contributed by atoms with Gasteiger partial charge in [-0.1, -0.05) is 0 Å². The highest BCUT2D eigenvalue weighted by Crippen LogP contribution is 2.31. The van der Waals surface area contributed by atoms with Crippen LogP contribution in [-0.2, 0) is 9.84 Å². The molecule has 15 heavy (non-hydrogen) atoms. The first-order valence-electron chi connectivity index (χ1n) is 4.70. The molecule has 0 aromatic heterocycles. The third kappa shape index (κ3) is 1.79. The Bertz CT molecular complexity index is 481. The minimum Gasteiger partial charge on any atom is -0.497 e. The Kier molecular flexibility index (Phi) is 2.34. The van der Waals surface area contributed by atoms with Crippen molar-refractivity contribution >= 4 is 15.5 Å². The van der Waals surface area contributed by atoms with Crippen molar-refractivity contribution in [3.63, 3.8) is 0 Å². The maximum atomic E-state index is 11.8. The maximum Gasteiger partial charge on any atom is 0.182 e. The first-order chi connectivity index (χ1) is 7.03. The Morgan fingerprint density at radius 2 is 2.20 bits per heavy atom. The van der Waals surface area contributed by atoms with Gasteiger partial charge in [0.1, 0.15) is 5.75 Å². The van der Waals surface area contributed by atoms with Gasteiger partial charge in [0.25, 0.3) is 0 Å². The SMILES string of the molecule is COc1ccc2c(c1)NC(C)CS2(=O)=O. The van der Waals surface area contributed by atoms with Crippen LogP contribution in [0.5, 0.6) is 5.75 Å². The molecule has 5 heteroatoms. The molecule has 82 valence electrons. The molecule has 0 bridgehead atoms. The minimum absolute atomic E-state index is 0.0605. The van der Waals surface area contributed by atoms with Crippen molar-refractivity contribution in [2.45, 2.75) is 17.9 Å². The first kappa shape index (κ1) is 10.3. The monoisotopic (exact) mass is 227 g/mol. The lowest BCUT2D eigenvalue weighted by molar-refractivity contribution is 0.414. The van der Waals surface area contributed by atoms with E-state index in [0.717, 1.165) is 0 Å². The molecular formula is C10H13NO3S. The number of anilines is 1.